The molecule has 0 heterocycles. The van der Waals surface area contributed by atoms with Crippen LogP contribution in [0, 0.1) is 5.41 Å². The van der Waals surface area contributed by atoms with Crippen LogP contribution >= 0.6 is 0 Å². The van der Waals surface area contributed by atoms with Crippen LogP contribution in [-0.2, 0) is 9.53 Å². The number of amides is 1. The molecule has 0 unspecified atom stereocenters. The molecule has 0 radical (unpaired) electrons. The van der Waals surface area contributed by atoms with Gasteiger partial charge in [-0.25, -0.2) is 0 Å². The van der Waals surface area contributed by atoms with Gasteiger partial charge in [-0.3, -0.25) is 4.79 Å². The summed E-state index contributed by atoms with van der Waals surface area (Å²) >= 11 is 0. The van der Waals surface area contributed by atoms with Crippen molar-refractivity contribution in [1.82, 2.24) is 5.32 Å². The number of rotatable bonds is 5. The molecule has 0 atom stereocenters. The van der Waals surface area contributed by atoms with Gasteiger partial charge in [-0.1, -0.05) is 19.3 Å². The summed E-state index contributed by atoms with van der Waals surface area (Å²) in [4.78, 5) is 11.7. The second-order valence-corrected chi connectivity index (χ2v) is 6.44. The average molecular weight is 256 g/mol. The van der Waals surface area contributed by atoms with Gasteiger partial charge >= 0.3 is 0 Å². The van der Waals surface area contributed by atoms with Crippen molar-refractivity contribution in [3.8, 4) is 0 Å². The molecule has 1 amide bonds. The van der Waals surface area contributed by atoms with Crippen LogP contribution in [0.3, 0.4) is 0 Å². The quantitative estimate of drug-likeness (QED) is 0.788. The minimum Gasteiger partial charge on any atom is -0.366 e. The monoisotopic (exact) mass is 256 g/mol. The highest BCUT2D eigenvalue weighted by atomic mass is 16.5. The highest BCUT2D eigenvalue weighted by molar-refractivity contribution is 5.77. The molecule has 1 fully saturated rings. The summed E-state index contributed by atoms with van der Waals surface area (Å²) in [6.45, 7) is 7.32. The summed E-state index contributed by atoms with van der Waals surface area (Å²) in [6.07, 6.45) is 6.01. The largest absolute Gasteiger partial charge is 0.366 e. The molecule has 3 N–H and O–H groups in total. The predicted molar refractivity (Wildman–Crippen MR) is 73.3 cm³/mol. The Balaban J connectivity index is 2.32. The number of carbonyl (C=O) groups is 1. The van der Waals surface area contributed by atoms with Crippen molar-refractivity contribution >= 4 is 5.91 Å². The number of ether oxygens (including phenoxy) is 1. The van der Waals surface area contributed by atoms with Crippen LogP contribution in [0.5, 0.6) is 0 Å². The Kier molecular flexibility index (Phi) is 5.60. The van der Waals surface area contributed by atoms with Gasteiger partial charge in [-0.05, 0) is 45.6 Å². The highest BCUT2D eigenvalue weighted by Crippen LogP contribution is 2.34. The number of nitrogens with one attached hydrogen (secondary N) is 1. The van der Waals surface area contributed by atoms with Crippen LogP contribution < -0.4 is 11.1 Å². The van der Waals surface area contributed by atoms with E-state index in [1.807, 2.05) is 20.8 Å². The van der Waals surface area contributed by atoms with Crippen molar-refractivity contribution in [1.29, 1.82) is 0 Å². The smallest absolute Gasteiger partial charge is 0.246 e. The van der Waals surface area contributed by atoms with E-state index in [9.17, 15) is 4.79 Å². The zero-order valence-electron chi connectivity index (χ0n) is 12.1. The summed E-state index contributed by atoms with van der Waals surface area (Å²) < 4.78 is 5.45. The number of nitrogens with two attached hydrogens (primary N) is 1. The number of hydrogen-bond donors (Lipinski definition) is 2. The first-order chi connectivity index (χ1) is 8.37. The first-order valence-electron chi connectivity index (χ1n) is 6.98. The number of carbonyl (C=O) groups excluding carboxylic acids is 1. The first kappa shape index (κ1) is 15.4. The minimum absolute atomic E-state index is 0.0386. The summed E-state index contributed by atoms with van der Waals surface area (Å²) in [5.41, 5.74) is 5.74. The van der Waals surface area contributed by atoms with Crippen LogP contribution in [0.4, 0.5) is 0 Å². The molecule has 1 aliphatic carbocycles. The van der Waals surface area contributed by atoms with Crippen LogP contribution in [0.1, 0.15) is 52.9 Å². The Labute approximate surface area is 111 Å². The van der Waals surface area contributed by atoms with E-state index in [0.29, 0.717) is 13.1 Å². The molecule has 1 saturated carbocycles. The normalized spacial score (nSPS) is 19.6. The van der Waals surface area contributed by atoms with Gasteiger partial charge in [0.05, 0.1) is 5.60 Å². The Morgan fingerprint density at radius 2 is 1.89 bits per heavy atom. The first-order valence-corrected chi connectivity index (χ1v) is 6.98. The van der Waals surface area contributed by atoms with Gasteiger partial charge in [-0.2, -0.15) is 0 Å². The zero-order chi connectivity index (χ0) is 13.6. The van der Waals surface area contributed by atoms with Gasteiger partial charge in [-0.15, -0.1) is 0 Å². The molecule has 1 aliphatic rings. The lowest BCUT2D eigenvalue weighted by Crippen LogP contribution is -2.45. The third kappa shape index (κ3) is 5.36. The fourth-order valence-corrected chi connectivity index (χ4v) is 2.37. The fraction of sp³-hybridized carbons (Fsp3) is 0.929. The third-order valence-electron chi connectivity index (χ3n) is 3.64. The average Bonchev–Trinajstić information content (AvgIpc) is 2.34. The van der Waals surface area contributed by atoms with Crippen LogP contribution in [0.25, 0.3) is 0 Å². The lowest BCUT2D eigenvalue weighted by atomic mass is 9.74. The van der Waals surface area contributed by atoms with Gasteiger partial charge in [0.25, 0.3) is 0 Å². The molecule has 0 spiro atoms. The Bertz CT molecular complexity index is 265. The van der Waals surface area contributed by atoms with E-state index < -0.39 is 0 Å². The van der Waals surface area contributed by atoms with E-state index in [1.54, 1.807) is 0 Å². The molecular formula is C14H28N2O2. The molecule has 18 heavy (non-hydrogen) atoms. The molecule has 0 aromatic rings. The van der Waals surface area contributed by atoms with Crippen LogP contribution in [0.2, 0.25) is 0 Å². The SMILES string of the molecule is CC(C)(C)OCC(=O)NCC1(CN)CCCCC1. The van der Waals surface area contributed by atoms with Gasteiger partial charge < -0.3 is 15.8 Å². The van der Waals surface area contributed by atoms with Crippen molar-refractivity contribution in [2.24, 2.45) is 11.1 Å². The van der Waals surface area contributed by atoms with E-state index in [4.69, 9.17) is 10.5 Å². The Hall–Kier alpha value is -0.610. The molecule has 0 aliphatic heterocycles. The van der Waals surface area contributed by atoms with Crippen molar-refractivity contribution in [2.75, 3.05) is 19.7 Å². The van der Waals surface area contributed by atoms with Crippen LogP contribution in [0.15, 0.2) is 0 Å². The molecule has 0 bridgehead atoms. The maximum absolute atomic E-state index is 11.7. The van der Waals surface area contributed by atoms with E-state index in [2.05, 4.69) is 5.32 Å². The van der Waals surface area contributed by atoms with Crippen molar-refractivity contribution in [2.45, 2.75) is 58.5 Å². The summed E-state index contributed by atoms with van der Waals surface area (Å²) in [6, 6.07) is 0. The second-order valence-electron chi connectivity index (χ2n) is 6.44. The maximum atomic E-state index is 11.7. The zero-order valence-corrected chi connectivity index (χ0v) is 12.1. The molecule has 0 aromatic heterocycles. The van der Waals surface area contributed by atoms with E-state index in [1.165, 1.54) is 19.3 Å². The van der Waals surface area contributed by atoms with Gasteiger partial charge in [0.15, 0.2) is 0 Å². The predicted octanol–water partition coefficient (Wildman–Crippen LogP) is 1.83. The Morgan fingerprint density at radius 1 is 1.28 bits per heavy atom. The molecule has 0 saturated heterocycles. The second kappa shape index (κ2) is 6.53. The van der Waals surface area contributed by atoms with Gasteiger partial charge in [0.2, 0.25) is 5.91 Å². The topological polar surface area (TPSA) is 64.3 Å². The molecular weight excluding hydrogens is 228 g/mol. The lowest BCUT2D eigenvalue weighted by molar-refractivity contribution is -0.131. The summed E-state index contributed by atoms with van der Waals surface area (Å²) in [7, 11) is 0. The summed E-state index contributed by atoms with van der Waals surface area (Å²) in [5, 5.41) is 2.97. The molecule has 4 heteroatoms. The van der Waals surface area contributed by atoms with E-state index in [-0.39, 0.29) is 23.5 Å². The molecule has 4 nitrogen and oxygen atoms in total. The fourth-order valence-electron chi connectivity index (χ4n) is 2.37. The lowest BCUT2D eigenvalue weighted by Gasteiger charge is -2.36. The molecule has 1 rings (SSSR count). The van der Waals surface area contributed by atoms with Crippen molar-refractivity contribution in [3.63, 3.8) is 0 Å². The van der Waals surface area contributed by atoms with E-state index in [0.717, 1.165) is 12.8 Å². The van der Waals surface area contributed by atoms with Gasteiger partial charge in [0.1, 0.15) is 6.61 Å². The summed E-state index contributed by atoms with van der Waals surface area (Å²) in [5.74, 6) is -0.0386. The molecule has 106 valence electrons. The third-order valence-corrected chi connectivity index (χ3v) is 3.64. The van der Waals surface area contributed by atoms with Crippen molar-refractivity contribution in [3.05, 3.63) is 0 Å². The molecule has 0 aromatic carbocycles. The number of hydrogen-bond acceptors (Lipinski definition) is 3. The maximum Gasteiger partial charge on any atom is 0.246 e. The van der Waals surface area contributed by atoms with Crippen molar-refractivity contribution < 1.29 is 9.53 Å². The van der Waals surface area contributed by atoms with Crippen LogP contribution in [-0.4, -0.2) is 31.2 Å². The minimum atomic E-state index is -0.270. The highest BCUT2D eigenvalue weighted by Gasteiger charge is 2.30. The Morgan fingerprint density at radius 3 is 2.39 bits per heavy atom. The van der Waals surface area contributed by atoms with E-state index >= 15 is 0 Å². The van der Waals surface area contributed by atoms with Gasteiger partial charge in [0, 0.05) is 6.54 Å². The standard InChI is InChI=1S/C14H28N2O2/c1-13(2,3)18-9-12(17)16-11-14(10-15)7-5-4-6-8-14/h4-11,15H2,1-3H3,(H,16,17).